The van der Waals surface area contributed by atoms with Gasteiger partial charge in [-0.1, -0.05) is 28.1 Å². The van der Waals surface area contributed by atoms with Crippen LogP contribution in [0.2, 0.25) is 0 Å². The van der Waals surface area contributed by atoms with Gasteiger partial charge in [-0.2, -0.15) is 0 Å². The topological polar surface area (TPSA) is 57.5 Å². The highest BCUT2D eigenvalue weighted by Gasteiger charge is 2.15. The summed E-state index contributed by atoms with van der Waals surface area (Å²) in [5.74, 6) is -1.23. The number of carboxylic acids is 1. The molecule has 2 N–H and O–H groups in total. The number of benzene rings is 1. The summed E-state index contributed by atoms with van der Waals surface area (Å²) in [6.45, 7) is 1.84. The fraction of sp³-hybridized carbons (Fsp3) is 0.222. The number of halogens is 1. The second kappa shape index (κ2) is 3.89. The van der Waals surface area contributed by atoms with Crippen molar-refractivity contribution < 1.29 is 15.0 Å². The molecule has 0 aliphatic rings. The van der Waals surface area contributed by atoms with Crippen LogP contribution in [0.4, 0.5) is 0 Å². The number of carboxylic acid groups (broad SMARTS) is 1. The monoisotopic (exact) mass is 244 g/mol. The van der Waals surface area contributed by atoms with E-state index >= 15 is 0 Å². The maximum atomic E-state index is 10.4. The Balaban J connectivity index is 3.03. The fourth-order valence-corrected chi connectivity index (χ4v) is 1.23. The molecule has 0 amide bonds. The van der Waals surface area contributed by atoms with Crippen molar-refractivity contribution in [3.63, 3.8) is 0 Å². The van der Waals surface area contributed by atoms with Gasteiger partial charge in [0, 0.05) is 4.47 Å². The van der Waals surface area contributed by atoms with Crippen LogP contribution in [0.15, 0.2) is 22.7 Å². The minimum atomic E-state index is -1.44. The van der Waals surface area contributed by atoms with Crippen LogP contribution in [0.25, 0.3) is 0 Å². The van der Waals surface area contributed by atoms with Crippen LogP contribution in [0.3, 0.4) is 0 Å². The molecule has 0 spiro atoms. The molecule has 0 unspecified atom stereocenters. The quantitative estimate of drug-likeness (QED) is 0.836. The Morgan fingerprint density at radius 1 is 1.54 bits per heavy atom. The molecule has 0 aliphatic heterocycles. The highest BCUT2D eigenvalue weighted by molar-refractivity contribution is 9.10. The maximum absolute atomic E-state index is 10.4. The molecule has 3 nitrogen and oxygen atoms in total. The van der Waals surface area contributed by atoms with E-state index in [-0.39, 0.29) is 0 Å². The molecule has 1 rings (SSSR count). The van der Waals surface area contributed by atoms with Crippen molar-refractivity contribution in [2.24, 2.45) is 0 Å². The molecule has 0 aliphatic carbocycles. The third-order valence-corrected chi connectivity index (χ3v) is 2.62. The van der Waals surface area contributed by atoms with Crippen molar-refractivity contribution in [2.45, 2.75) is 13.0 Å². The summed E-state index contributed by atoms with van der Waals surface area (Å²) < 4.78 is 0.897. The highest BCUT2D eigenvalue weighted by Crippen LogP contribution is 2.21. The molecule has 1 aromatic carbocycles. The van der Waals surface area contributed by atoms with Crippen molar-refractivity contribution in [1.82, 2.24) is 0 Å². The first-order chi connectivity index (χ1) is 6.02. The van der Waals surface area contributed by atoms with Crippen molar-refractivity contribution in [2.75, 3.05) is 0 Å². The van der Waals surface area contributed by atoms with Crippen molar-refractivity contribution >= 4 is 21.9 Å². The van der Waals surface area contributed by atoms with Crippen molar-refractivity contribution in [1.29, 1.82) is 0 Å². The summed E-state index contributed by atoms with van der Waals surface area (Å²) >= 11 is 3.29. The first kappa shape index (κ1) is 10.2. The first-order valence-corrected chi connectivity index (χ1v) is 4.48. The van der Waals surface area contributed by atoms with E-state index in [9.17, 15) is 9.90 Å². The lowest BCUT2D eigenvalue weighted by atomic mass is 10.1. The van der Waals surface area contributed by atoms with Crippen LogP contribution in [0, 0.1) is 6.92 Å². The molecular formula is C9H9BrO3. The molecule has 70 valence electrons. The number of hydrogen-bond donors (Lipinski definition) is 2. The minimum absolute atomic E-state index is 0.396. The van der Waals surface area contributed by atoms with Gasteiger partial charge >= 0.3 is 5.97 Å². The summed E-state index contributed by atoms with van der Waals surface area (Å²) in [6, 6.07) is 4.94. The zero-order valence-corrected chi connectivity index (χ0v) is 8.58. The lowest BCUT2D eigenvalue weighted by Crippen LogP contribution is -2.10. The Morgan fingerprint density at radius 2 is 2.15 bits per heavy atom. The molecular weight excluding hydrogens is 236 g/mol. The molecule has 0 radical (unpaired) electrons. The van der Waals surface area contributed by atoms with Crippen molar-refractivity contribution in [3.8, 4) is 0 Å². The lowest BCUT2D eigenvalue weighted by molar-refractivity contribution is -0.146. The van der Waals surface area contributed by atoms with Gasteiger partial charge in [0.15, 0.2) is 6.10 Å². The van der Waals surface area contributed by atoms with E-state index in [0.29, 0.717) is 5.56 Å². The molecule has 0 heterocycles. The van der Waals surface area contributed by atoms with Gasteiger partial charge in [0.1, 0.15) is 0 Å². The molecule has 1 aromatic rings. The molecule has 1 atom stereocenters. The van der Waals surface area contributed by atoms with Crippen LogP contribution in [-0.4, -0.2) is 16.2 Å². The number of aliphatic hydroxyl groups excluding tert-OH is 1. The second-order valence-electron chi connectivity index (χ2n) is 2.75. The number of aliphatic hydroxyl groups is 1. The summed E-state index contributed by atoms with van der Waals surface area (Å²) in [7, 11) is 0. The summed E-state index contributed by atoms with van der Waals surface area (Å²) in [5.41, 5.74) is 1.30. The van der Waals surface area contributed by atoms with E-state index in [1.807, 2.05) is 6.92 Å². The van der Waals surface area contributed by atoms with Gasteiger partial charge in [0.25, 0.3) is 0 Å². The van der Waals surface area contributed by atoms with Gasteiger partial charge < -0.3 is 10.2 Å². The summed E-state index contributed by atoms with van der Waals surface area (Å²) in [5, 5.41) is 17.7. The molecule has 4 heteroatoms. The van der Waals surface area contributed by atoms with E-state index in [1.165, 1.54) is 0 Å². The molecule has 0 fully saturated rings. The van der Waals surface area contributed by atoms with Gasteiger partial charge in [-0.15, -0.1) is 0 Å². The zero-order valence-electron chi connectivity index (χ0n) is 6.99. The zero-order chi connectivity index (χ0) is 10.0. The SMILES string of the molecule is Cc1cc([C@H](O)C(=O)O)ccc1Br. The standard InChI is InChI=1S/C9H9BrO3/c1-5-4-6(2-3-7(5)10)8(11)9(12)13/h2-4,8,11H,1H3,(H,12,13)/t8-/m0/s1. The molecule has 0 bridgehead atoms. The average molecular weight is 245 g/mol. The van der Waals surface area contributed by atoms with Crippen LogP contribution in [0.1, 0.15) is 17.2 Å². The number of aryl methyl sites for hydroxylation is 1. The Labute approximate surface area is 84.1 Å². The van der Waals surface area contributed by atoms with E-state index in [1.54, 1.807) is 18.2 Å². The van der Waals surface area contributed by atoms with E-state index in [4.69, 9.17) is 5.11 Å². The van der Waals surface area contributed by atoms with Gasteiger partial charge in [0.05, 0.1) is 0 Å². The van der Waals surface area contributed by atoms with E-state index < -0.39 is 12.1 Å². The summed E-state index contributed by atoms with van der Waals surface area (Å²) in [4.78, 5) is 10.4. The number of carbonyl (C=O) groups is 1. The normalized spacial score (nSPS) is 12.5. The van der Waals surface area contributed by atoms with E-state index in [0.717, 1.165) is 10.0 Å². The fourth-order valence-electron chi connectivity index (χ4n) is 0.981. The van der Waals surface area contributed by atoms with Crippen LogP contribution < -0.4 is 0 Å². The largest absolute Gasteiger partial charge is 0.479 e. The average Bonchev–Trinajstić information content (AvgIpc) is 2.08. The third-order valence-electron chi connectivity index (χ3n) is 1.73. The van der Waals surface area contributed by atoms with Gasteiger partial charge in [0.2, 0.25) is 0 Å². The predicted molar refractivity (Wildman–Crippen MR) is 51.5 cm³/mol. The Morgan fingerprint density at radius 3 is 2.62 bits per heavy atom. The molecule has 13 heavy (non-hydrogen) atoms. The van der Waals surface area contributed by atoms with Crippen LogP contribution >= 0.6 is 15.9 Å². The van der Waals surface area contributed by atoms with Crippen molar-refractivity contribution in [3.05, 3.63) is 33.8 Å². The molecule has 0 saturated heterocycles. The smallest absolute Gasteiger partial charge is 0.337 e. The van der Waals surface area contributed by atoms with Gasteiger partial charge in [-0.25, -0.2) is 4.79 Å². The predicted octanol–water partition coefficient (Wildman–Crippen LogP) is 1.88. The van der Waals surface area contributed by atoms with E-state index in [2.05, 4.69) is 15.9 Å². The van der Waals surface area contributed by atoms with Crippen LogP contribution in [-0.2, 0) is 4.79 Å². The van der Waals surface area contributed by atoms with Gasteiger partial charge in [-0.05, 0) is 24.1 Å². The summed E-state index contributed by atoms with van der Waals surface area (Å²) in [6.07, 6.45) is -1.44. The molecule has 0 aromatic heterocycles. The number of rotatable bonds is 2. The van der Waals surface area contributed by atoms with Gasteiger partial charge in [-0.3, -0.25) is 0 Å². The second-order valence-corrected chi connectivity index (χ2v) is 3.60. The van der Waals surface area contributed by atoms with Crippen LogP contribution in [0.5, 0.6) is 0 Å². The molecule has 0 saturated carbocycles. The Bertz CT molecular complexity index is 336. The Kier molecular flexibility index (Phi) is 3.06. The minimum Gasteiger partial charge on any atom is -0.479 e. The highest BCUT2D eigenvalue weighted by atomic mass is 79.9. The third kappa shape index (κ3) is 2.29. The number of aliphatic carboxylic acids is 1. The number of hydrogen-bond acceptors (Lipinski definition) is 2. The lowest BCUT2D eigenvalue weighted by Gasteiger charge is -2.07. The maximum Gasteiger partial charge on any atom is 0.337 e. The Hall–Kier alpha value is -0.870. The first-order valence-electron chi connectivity index (χ1n) is 3.69.